The lowest BCUT2D eigenvalue weighted by Crippen LogP contribution is -2.45. The van der Waals surface area contributed by atoms with Gasteiger partial charge in [0, 0.05) is 13.1 Å². The van der Waals surface area contributed by atoms with Gasteiger partial charge in [0.05, 0.1) is 12.1 Å². The molecular formula is C15H23N5O3. The predicted molar refractivity (Wildman–Crippen MR) is 81.6 cm³/mol. The van der Waals surface area contributed by atoms with Crippen molar-refractivity contribution in [2.24, 2.45) is 5.73 Å². The van der Waals surface area contributed by atoms with E-state index in [1.54, 1.807) is 4.68 Å². The van der Waals surface area contributed by atoms with E-state index in [9.17, 15) is 9.59 Å². The van der Waals surface area contributed by atoms with Gasteiger partial charge in [-0.3, -0.25) is 9.59 Å². The van der Waals surface area contributed by atoms with Crippen LogP contribution in [0, 0.1) is 0 Å². The fraction of sp³-hybridized carbons (Fsp3) is 0.733. The highest BCUT2D eigenvalue weighted by molar-refractivity contribution is 5.88. The summed E-state index contributed by atoms with van der Waals surface area (Å²) in [5.74, 6) is -0.559. The van der Waals surface area contributed by atoms with Crippen LogP contribution in [0.2, 0.25) is 0 Å². The molecule has 2 N–H and O–H groups in total. The molecule has 0 saturated carbocycles. The SMILES string of the molecule is CC[C@@H]1CC[C@H](C(=O)N2CCC[C@@H](n3cnc(C(N)=O)n3)C2)O1. The number of hydrogen-bond acceptors (Lipinski definition) is 5. The summed E-state index contributed by atoms with van der Waals surface area (Å²) >= 11 is 0. The number of amides is 2. The van der Waals surface area contributed by atoms with Gasteiger partial charge in [0.25, 0.3) is 11.8 Å². The van der Waals surface area contributed by atoms with Gasteiger partial charge in [-0.2, -0.15) is 0 Å². The fourth-order valence-electron chi connectivity index (χ4n) is 3.33. The van der Waals surface area contributed by atoms with Crippen LogP contribution in [0.1, 0.15) is 55.7 Å². The molecule has 0 radical (unpaired) electrons. The maximum atomic E-state index is 12.6. The van der Waals surface area contributed by atoms with Crippen LogP contribution in [-0.2, 0) is 9.53 Å². The number of ether oxygens (including phenoxy) is 1. The monoisotopic (exact) mass is 321 g/mol. The Hall–Kier alpha value is -1.96. The van der Waals surface area contributed by atoms with Gasteiger partial charge in [-0.05, 0) is 32.1 Å². The minimum absolute atomic E-state index is 0.0124. The van der Waals surface area contributed by atoms with Gasteiger partial charge in [0.15, 0.2) is 0 Å². The Bertz CT molecular complexity index is 587. The van der Waals surface area contributed by atoms with E-state index < -0.39 is 5.91 Å². The molecule has 2 amide bonds. The van der Waals surface area contributed by atoms with Crippen LogP contribution in [0.4, 0.5) is 0 Å². The average Bonchev–Trinajstić information content (AvgIpc) is 3.23. The summed E-state index contributed by atoms with van der Waals surface area (Å²) < 4.78 is 7.46. The Morgan fingerprint density at radius 1 is 1.39 bits per heavy atom. The molecule has 3 heterocycles. The molecule has 0 aliphatic carbocycles. The van der Waals surface area contributed by atoms with Crippen molar-refractivity contribution >= 4 is 11.8 Å². The molecule has 0 aromatic carbocycles. The summed E-state index contributed by atoms with van der Waals surface area (Å²) in [6.07, 6.45) is 5.90. The zero-order valence-electron chi connectivity index (χ0n) is 13.4. The van der Waals surface area contributed by atoms with Crippen LogP contribution < -0.4 is 5.73 Å². The Kier molecular flexibility index (Phi) is 4.61. The fourth-order valence-corrected chi connectivity index (χ4v) is 3.33. The molecule has 126 valence electrons. The Labute approximate surface area is 135 Å². The molecule has 8 nitrogen and oxygen atoms in total. The lowest BCUT2D eigenvalue weighted by Gasteiger charge is -2.34. The molecule has 1 aromatic heterocycles. The molecule has 0 bridgehead atoms. The van der Waals surface area contributed by atoms with Crippen molar-refractivity contribution in [1.29, 1.82) is 0 Å². The summed E-state index contributed by atoms with van der Waals surface area (Å²) in [4.78, 5) is 29.5. The topological polar surface area (TPSA) is 103 Å². The number of nitrogens with two attached hydrogens (primary N) is 1. The summed E-state index contributed by atoms with van der Waals surface area (Å²) in [5, 5.41) is 4.11. The molecule has 2 aliphatic rings. The van der Waals surface area contributed by atoms with Gasteiger partial charge in [-0.1, -0.05) is 6.92 Å². The van der Waals surface area contributed by atoms with Crippen LogP contribution in [0.25, 0.3) is 0 Å². The number of aromatic nitrogens is 3. The molecule has 23 heavy (non-hydrogen) atoms. The number of carbonyl (C=O) groups excluding carboxylic acids is 2. The first-order valence-electron chi connectivity index (χ1n) is 8.23. The molecule has 2 saturated heterocycles. The summed E-state index contributed by atoms with van der Waals surface area (Å²) in [6, 6.07) is 0.0247. The van der Waals surface area contributed by atoms with Gasteiger partial charge in [-0.15, -0.1) is 5.10 Å². The zero-order valence-corrected chi connectivity index (χ0v) is 13.4. The maximum absolute atomic E-state index is 12.6. The van der Waals surface area contributed by atoms with Crippen LogP contribution in [0.5, 0.6) is 0 Å². The van der Waals surface area contributed by atoms with Gasteiger partial charge in [-0.25, -0.2) is 9.67 Å². The third-order valence-corrected chi connectivity index (χ3v) is 4.65. The number of primary amides is 1. The molecule has 1 aromatic rings. The summed E-state index contributed by atoms with van der Waals surface area (Å²) in [5.41, 5.74) is 5.18. The first-order valence-corrected chi connectivity index (χ1v) is 8.23. The normalized spacial score (nSPS) is 28.0. The third kappa shape index (κ3) is 3.36. The summed E-state index contributed by atoms with van der Waals surface area (Å²) in [6.45, 7) is 3.38. The van der Waals surface area contributed by atoms with Gasteiger partial charge in [0.1, 0.15) is 12.4 Å². The number of piperidine rings is 1. The quantitative estimate of drug-likeness (QED) is 0.869. The molecule has 2 aliphatic heterocycles. The van der Waals surface area contributed by atoms with E-state index in [1.165, 1.54) is 6.33 Å². The largest absolute Gasteiger partial charge is 0.365 e. The lowest BCUT2D eigenvalue weighted by atomic mass is 10.0. The lowest BCUT2D eigenvalue weighted by molar-refractivity contribution is -0.144. The minimum Gasteiger partial charge on any atom is -0.365 e. The van der Waals surface area contributed by atoms with Crippen LogP contribution in [-0.4, -0.2) is 56.8 Å². The molecule has 3 atom stereocenters. The Morgan fingerprint density at radius 2 is 2.22 bits per heavy atom. The van der Waals surface area contributed by atoms with Gasteiger partial charge < -0.3 is 15.4 Å². The van der Waals surface area contributed by atoms with E-state index in [0.717, 1.165) is 38.6 Å². The minimum atomic E-state index is -0.641. The standard InChI is InChI=1S/C15H23N5O3/c1-2-11-5-6-12(23-11)15(22)19-7-3-4-10(8-19)20-9-17-14(18-20)13(16)21/h9-12H,2-8H2,1H3,(H2,16,21)/t10-,11-,12-/m1/s1. The number of carbonyl (C=O) groups is 2. The highest BCUT2D eigenvalue weighted by Gasteiger charge is 2.35. The van der Waals surface area contributed by atoms with E-state index >= 15 is 0 Å². The smallest absolute Gasteiger partial charge is 0.288 e. The average molecular weight is 321 g/mol. The Balaban J connectivity index is 1.63. The second-order valence-electron chi connectivity index (χ2n) is 6.23. The Morgan fingerprint density at radius 3 is 2.87 bits per heavy atom. The van der Waals surface area contributed by atoms with Crippen LogP contribution in [0.15, 0.2) is 6.33 Å². The van der Waals surface area contributed by atoms with Crippen molar-refractivity contribution in [2.75, 3.05) is 13.1 Å². The van der Waals surface area contributed by atoms with Crippen molar-refractivity contribution in [3.8, 4) is 0 Å². The first kappa shape index (κ1) is 15.9. The molecule has 8 heteroatoms. The van der Waals surface area contributed by atoms with Crippen molar-refractivity contribution in [3.05, 3.63) is 12.2 Å². The van der Waals surface area contributed by atoms with Gasteiger partial charge >= 0.3 is 0 Å². The van der Waals surface area contributed by atoms with Crippen molar-refractivity contribution in [1.82, 2.24) is 19.7 Å². The second kappa shape index (κ2) is 6.66. The number of hydrogen-bond donors (Lipinski definition) is 1. The van der Waals surface area contributed by atoms with Crippen molar-refractivity contribution in [2.45, 2.75) is 57.3 Å². The van der Waals surface area contributed by atoms with E-state index in [4.69, 9.17) is 10.5 Å². The predicted octanol–water partition coefficient (Wildman–Crippen LogP) is 0.498. The second-order valence-corrected chi connectivity index (χ2v) is 6.23. The number of rotatable bonds is 4. The van der Waals surface area contributed by atoms with E-state index in [-0.39, 0.29) is 30.0 Å². The highest BCUT2D eigenvalue weighted by atomic mass is 16.5. The number of likely N-dealkylation sites (tertiary alicyclic amines) is 1. The molecule has 0 spiro atoms. The molecule has 2 fully saturated rings. The van der Waals surface area contributed by atoms with Crippen molar-refractivity contribution < 1.29 is 14.3 Å². The van der Waals surface area contributed by atoms with E-state index in [0.29, 0.717) is 6.54 Å². The molecule has 3 rings (SSSR count). The van der Waals surface area contributed by atoms with Crippen LogP contribution in [0.3, 0.4) is 0 Å². The van der Waals surface area contributed by atoms with Crippen molar-refractivity contribution in [3.63, 3.8) is 0 Å². The maximum Gasteiger partial charge on any atom is 0.288 e. The van der Waals surface area contributed by atoms with Gasteiger partial charge in [0.2, 0.25) is 5.82 Å². The number of nitrogens with zero attached hydrogens (tertiary/aromatic N) is 4. The first-order chi connectivity index (χ1) is 11.1. The highest BCUT2D eigenvalue weighted by Crippen LogP contribution is 2.26. The summed E-state index contributed by atoms with van der Waals surface area (Å²) in [7, 11) is 0. The molecule has 0 unspecified atom stereocenters. The van der Waals surface area contributed by atoms with E-state index in [2.05, 4.69) is 17.0 Å². The van der Waals surface area contributed by atoms with Crippen LogP contribution >= 0.6 is 0 Å². The zero-order chi connectivity index (χ0) is 16.4. The third-order valence-electron chi connectivity index (χ3n) is 4.65. The molecular weight excluding hydrogens is 298 g/mol. The van der Waals surface area contributed by atoms with E-state index in [1.807, 2.05) is 4.90 Å².